The van der Waals surface area contributed by atoms with Gasteiger partial charge < -0.3 is 16.0 Å². The highest BCUT2D eigenvalue weighted by atomic mass is 35.5. The second-order valence-corrected chi connectivity index (χ2v) is 8.09. The van der Waals surface area contributed by atoms with E-state index >= 15 is 0 Å². The van der Waals surface area contributed by atoms with E-state index in [1.807, 2.05) is 18.2 Å². The number of benzene rings is 2. The molecule has 1 aliphatic rings. The van der Waals surface area contributed by atoms with Gasteiger partial charge >= 0.3 is 0 Å². The number of carbonyl (C=O) groups is 2. The molecule has 6 heteroatoms. The highest BCUT2D eigenvalue weighted by Gasteiger charge is 2.32. The van der Waals surface area contributed by atoms with E-state index in [9.17, 15) is 9.59 Å². The predicted molar refractivity (Wildman–Crippen MR) is 120 cm³/mol. The van der Waals surface area contributed by atoms with E-state index in [0.29, 0.717) is 31.8 Å². The molecular formula is C23H32ClN3O2. The van der Waals surface area contributed by atoms with Gasteiger partial charge in [0.05, 0.1) is 6.04 Å². The van der Waals surface area contributed by atoms with Crippen LogP contribution in [-0.4, -0.2) is 35.8 Å². The summed E-state index contributed by atoms with van der Waals surface area (Å²) in [5, 5.41) is 5.39. The lowest BCUT2D eigenvalue weighted by molar-refractivity contribution is -0.143. The van der Waals surface area contributed by atoms with E-state index in [4.69, 9.17) is 5.73 Å². The minimum Gasteiger partial charge on any atom is -0.346 e. The molecule has 2 unspecified atom stereocenters. The molecule has 0 aliphatic carbocycles. The number of nitrogens with one attached hydrogen (secondary N) is 1. The van der Waals surface area contributed by atoms with Crippen molar-refractivity contribution in [1.82, 2.24) is 10.2 Å². The topological polar surface area (TPSA) is 75.4 Å². The van der Waals surface area contributed by atoms with E-state index in [-0.39, 0.29) is 30.3 Å². The Balaban J connectivity index is 0.00000300. The number of halogens is 1. The third-order valence-corrected chi connectivity index (χ3v) is 5.46. The Morgan fingerprint density at radius 3 is 2.52 bits per heavy atom. The van der Waals surface area contributed by atoms with Crippen LogP contribution in [0.25, 0.3) is 10.8 Å². The molecule has 5 nitrogen and oxygen atoms in total. The summed E-state index contributed by atoms with van der Waals surface area (Å²) in [6, 6.07) is 13.6. The summed E-state index contributed by atoms with van der Waals surface area (Å²) in [4.78, 5) is 27.4. The Labute approximate surface area is 179 Å². The maximum atomic E-state index is 13.2. The van der Waals surface area contributed by atoms with Crippen molar-refractivity contribution in [3.63, 3.8) is 0 Å². The molecule has 1 fully saturated rings. The number of hydrogen-bond acceptors (Lipinski definition) is 3. The van der Waals surface area contributed by atoms with Crippen molar-refractivity contribution in [1.29, 1.82) is 0 Å². The summed E-state index contributed by atoms with van der Waals surface area (Å²) in [6.07, 6.45) is 3.06. The van der Waals surface area contributed by atoms with Gasteiger partial charge in [0.2, 0.25) is 11.8 Å². The van der Waals surface area contributed by atoms with Crippen LogP contribution in [0.3, 0.4) is 0 Å². The van der Waals surface area contributed by atoms with Crippen molar-refractivity contribution >= 4 is 35.0 Å². The van der Waals surface area contributed by atoms with Crippen LogP contribution in [0.4, 0.5) is 0 Å². The van der Waals surface area contributed by atoms with Crippen LogP contribution in [0.2, 0.25) is 0 Å². The molecule has 2 aromatic rings. The van der Waals surface area contributed by atoms with Crippen LogP contribution >= 0.6 is 12.4 Å². The molecular weight excluding hydrogens is 386 g/mol. The monoisotopic (exact) mass is 417 g/mol. The third kappa shape index (κ3) is 5.71. The van der Waals surface area contributed by atoms with Gasteiger partial charge in [-0.2, -0.15) is 0 Å². The third-order valence-electron chi connectivity index (χ3n) is 5.46. The van der Waals surface area contributed by atoms with Gasteiger partial charge in [-0.1, -0.05) is 50.2 Å². The fourth-order valence-electron chi connectivity index (χ4n) is 3.95. The van der Waals surface area contributed by atoms with Crippen molar-refractivity contribution in [2.75, 3.05) is 13.1 Å². The Hall–Kier alpha value is -2.11. The van der Waals surface area contributed by atoms with Crippen LogP contribution in [0.5, 0.6) is 0 Å². The number of amides is 2. The lowest BCUT2D eigenvalue weighted by atomic mass is 9.97. The van der Waals surface area contributed by atoms with Crippen molar-refractivity contribution in [3.05, 3.63) is 48.0 Å². The van der Waals surface area contributed by atoms with Gasteiger partial charge in [-0.25, -0.2) is 0 Å². The second kappa shape index (κ2) is 10.6. The number of nitrogens with two attached hydrogens (primary N) is 1. The Kier molecular flexibility index (Phi) is 8.47. The number of likely N-dealkylation sites (tertiary alicyclic amines) is 1. The molecule has 1 saturated heterocycles. The number of nitrogens with zero attached hydrogens (tertiary/aromatic N) is 1. The average Bonchev–Trinajstić information content (AvgIpc) is 2.70. The smallest absolute Gasteiger partial charge is 0.243 e. The minimum atomic E-state index is -0.428. The van der Waals surface area contributed by atoms with Gasteiger partial charge in [0.15, 0.2) is 0 Å². The lowest BCUT2D eigenvalue weighted by Crippen LogP contribution is -2.53. The Morgan fingerprint density at radius 1 is 1.14 bits per heavy atom. The number of carbonyl (C=O) groups excluding carboxylic acids is 2. The summed E-state index contributed by atoms with van der Waals surface area (Å²) in [7, 11) is 0. The van der Waals surface area contributed by atoms with Crippen molar-refractivity contribution in [3.8, 4) is 0 Å². The van der Waals surface area contributed by atoms with Crippen LogP contribution < -0.4 is 11.1 Å². The summed E-state index contributed by atoms with van der Waals surface area (Å²) >= 11 is 0. The Morgan fingerprint density at radius 2 is 1.86 bits per heavy atom. The van der Waals surface area contributed by atoms with Crippen LogP contribution in [0, 0.1) is 5.92 Å². The fraction of sp³-hybridized carbons (Fsp3) is 0.478. The van der Waals surface area contributed by atoms with E-state index in [1.54, 1.807) is 4.90 Å². The maximum absolute atomic E-state index is 13.2. The summed E-state index contributed by atoms with van der Waals surface area (Å²) < 4.78 is 0. The largest absolute Gasteiger partial charge is 0.346 e. The highest BCUT2D eigenvalue weighted by molar-refractivity contribution is 5.88. The fourth-order valence-corrected chi connectivity index (χ4v) is 3.95. The first kappa shape index (κ1) is 23.2. The molecule has 0 bridgehead atoms. The molecule has 2 atom stereocenters. The SMILES string of the molecule is CC(C)CC(C(=O)NC(CN)c1ccc2ccccc2c1)N1CCCCC1=O.Cl. The molecule has 2 amide bonds. The minimum absolute atomic E-state index is 0. The van der Waals surface area contributed by atoms with Gasteiger partial charge in [0.1, 0.15) is 6.04 Å². The van der Waals surface area contributed by atoms with Crippen LogP contribution in [0.15, 0.2) is 42.5 Å². The van der Waals surface area contributed by atoms with Gasteiger partial charge in [0, 0.05) is 19.5 Å². The molecule has 1 heterocycles. The molecule has 0 spiro atoms. The van der Waals surface area contributed by atoms with E-state index in [1.165, 1.54) is 0 Å². The van der Waals surface area contributed by atoms with Crippen molar-refractivity contribution in [2.24, 2.45) is 11.7 Å². The average molecular weight is 418 g/mol. The number of hydrogen-bond donors (Lipinski definition) is 2. The zero-order valence-electron chi connectivity index (χ0n) is 17.3. The summed E-state index contributed by atoms with van der Waals surface area (Å²) in [6.45, 7) is 5.14. The summed E-state index contributed by atoms with van der Waals surface area (Å²) in [5.41, 5.74) is 7.00. The normalized spacial score (nSPS) is 16.4. The van der Waals surface area contributed by atoms with Gasteiger partial charge in [-0.15, -0.1) is 12.4 Å². The van der Waals surface area contributed by atoms with E-state index in [0.717, 1.165) is 29.2 Å². The first-order valence-electron chi connectivity index (χ1n) is 10.3. The van der Waals surface area contributed by atoms with Gasteiger partial charge in [0.25, 0.3) is 0 Å². The molecule has 0 radical (unpaired) electrons. The lowest BCUT2D eigenvalue weighted by Gasteiger charge is -2.35. The zero-order valence-corrected chi connectivity index (χ0v) is 18.1. The summed E-state index contributed by atoms with van der Waals surface area (Å²) in [5.74, 6) is 0.303. The van der Waals surface area contributed by atoms with Gasteiger partial charge in [-0.05, 0) is 47.6 Å². The number of piperidine rings is 1. The molecule has 1 aliphatic heterocycles. The van der Waals surface area contributed by atoms with Crippen molar-refractivity contribution < 1.29 is 9.59 Å². The number of fused-ring (bicyclic) bond motifs is 1. The zero-order chi connectivity index (χ0) is 20.1. The standard InChI is InChI=1S/C23H31N3O2.ClH/c1-16(2)13-21(26-12-6-5-9-22(26)27)23(28)25-20(15-24)19-11-10-17-7-3-4-8-18(17)14-19;/h3-4,7-8,10-11,14,16,20-21H,5-6,9,12-13,15,24H2,1-2H3,(H,25,28);1H. The highest BCUT2D eigenvalue weighted by Crippen LogP contribution is 2.23. The quantitative estimate of drug-likeness (QED) is 0.719. The first-order chi connectivity index (χ1) is 13.5. The molecule has 3 N–H and O–H groups in total. The molecule has 0 aromatic heterocycles. The van der Waals surface area contributed by atoms with Crippen LogP contribution in [0.1, 0.15) is 51.1 Å². The number of rotatable bonds is 7. The predicted octanol–water partition coefficient (Wildman–Crippen LogP) is 3.80. The molecule has 2 aromatic carbocycles. The van der Waals surface area contributed by atoms with E-state index < -0.39 is 6.04 Å². The molecule has 158 valence electrons. The van der Waals surface area contributed by atoms with Crippen LogP contribution in [-0.2, 0) is 9.59 Å². The van der Waals surface area contributed by atoms with Gasteiger partial charge in [-0.3, -0.25) is 9.59 Å². The molecule has 3 rings (SSSR count). The molecule has 29 heavy (non-hydrogen) atoms. The van der Waals surface area contributed by atoms with E-state index in [2.05, 4.69) is 43.4 Å². The molecule has 0 saturated carbocycles. The maximum Gasteiger partial charge on any atom is 0.243 e. The van der Waals surface area contributed by atoms with Crippen molar-refractivity contribution in [2.45, 2.75) is 51.6 Å². The second-order valence-electron chi connectivity index (χ2n) is 8.09. The Bertz CT molecular complexity index is 840. The first-order valence-corrected chi connectivity index (χ1v) is 10.3.